The number of aryl methyl sites for hydroxylation is 1. The zero-order valence-corrected chi connectivity index (χ0v) is 22.4. The number of carbonyl (C=O) groups is 1. The van der Waals surface area contributed by atoms with Crippen molar-refractivity contribution in [2.24, 2.45) is 0 Å². The summed E-state index contributed by atoms with van der Waals surface area (Å²) < 4.78 is 75.2. The number of aromatic nitrogens is 2. The highest BCUT2D eigenvalue weighted by atomic mass is 19.4. The third-order valence-corrected chi connectivity index (χ3v) is 5.52. The van der Waals surface area contributed by atoms with Gasteiger partial charge in [-0.1, -0.05) is 49.7 Å². The summed E-state index contributed by atoms with van der Waals surface area (Å²) in [6, 6.07) is 11.1. The van der Waals surface area contributed by atoms with Crippen LogP contribution in [0, 0.1) is 6.92 Å². The van der Waals surface area contributed by atoms with Crippen LogP contribution in [0.1, 0.15) is 61.9 Å². The van der Waals surface area contributed by atoms with Crippen molar-refractivity contribution in [3.8, 4) is 0 Å². The Morgan fingerprint density at radius 1 is 0.949 bits per heavy atom. The number of nitrogens with zero attached hydrogens (tertiary/aromatic N) is 3. The summed E-state index contributed by atoms with van der Waals surface area (Å²) in [5.41, 5.74) is -1.96. The fraction of sp³-hybridized carbons (Fsp3) is 0.429. The Labute approximate surface area is 225 Å². The first kappa shape index (κ1) is 33.7. The highest BCUT2D eigenvalue weighted by molar-refractivity contribution is 5.80. The fourth-order valence-electron chi connectivity index (χ4n) is 3.47. The van der Waals surface area contributed by atoms with Gasteiger partial charge in [0.15, 0.2) is 0 Å². The van der Waals surface area contributed by atoms with Gasteiger partial charge in [0, 0.05) is 25.5 Å². The molecule has 2 aromatic carbocycles. The van der Waals surface area contributed by atoms with E-state index < -0.39 is 35.6 Å². The molecule has 1 N–H and O–H groups in total. The van der Waals surface area contributed by atoms with Crippen molar-refractivity contribution >= 4 is 5.91 Å². The second-order valence-corrected chi connectivity index (χ2v) is 8.45. The van der Waals surface area contributed by atoms with Crippen LogP contribution in [-0.2, 0) is 23.8 Å². The minimum absolute atomic E-state index is 0.0131. The van der Waals surface area contributed by atoms with Crippen molar-refractivity contribution in [1.82, 2.24) is 14.5 Å². The highest BCUT2D eigenvalue weighted by Crippen LogP contribution is 2.36. The van der Waals surface area contributed by atoms with Crippen LogP contribution in [0.5, 0.6) is 0 Å². The molecular weight excluding hydrogens is 524 g/mol. The summed E-state index contributed by atoms with van der Waals surface area (Å²) in [6.07, 6.45) is -2.23. The Kier molecular flexibility index (Phi) is 13.8. The van der Waals surface area contributed by atoms with Gasteiger partial charge in [0.2, 0.25) is 5.91 Å². The number of hydrogen-bond donors (Lipinski definition) is 1. The molecule has 1 fully saturated rings. The molecule has 216 valence electrons. The number of hydrogen-bond acceptors (Lipinski definition) is 3. The molecule has 0 bridgehead atoms. The van der Waals surface area contributed by atoms with Gasteiger partial charge in [0.25, 0.3) is 0 Å². The van der Waals surface area contributed by atoms with E-state index in [0.717, 1.165) is 25.9 Å². The zero-order chi connectivity index (χ0) is 29.6. The molecule has 11 heteroatoms. The van der Waals surface area contributed by atoms with Gasteiger partial charge >= 0.3 is 12.4 Å². The summed E-state index contributed by atoms with van der Waals surface area (Å²) >= 11 is 0. The van der Waals surface area contributed by atoms with Crippen molar-refractivity contribution in [3.63, 3.8) is 0 Å². The Morgan fingerprint density at radius 2 is 1.46 bits per heavy atom. The average molecular weight is 560 g/mol. The molecule has 4 rings (SSSR count). The molecule has 1 aliphatic heterocycles. The molecule has 39 heavy (non-hydrogen) atoms. The molecule has 1 aliphatic rings. The second kappa shape index (κ2) is 15.9. The third-order valence-electron chi connectivity index (χ3n) is 5.52. The lowest BCUT2D eigenvalue weighted by atomic mass is 10.1. The van der Waals surface area contributed by atoms with Crippen LogP contribution in [0.3, 0.4) is 0 Å². The summed E-state index contributed by atoms with van der Waals surface area (Å²) in [4.78, 5) is 17.8. The van der Waals surface area contributed by atoms with Crippen LogP contribution in [0.15, 0.2) is 67.3 Å². The van der Waals surface area contributed by atoms with E-state index in [1.807, 2.05) is 54.6 Å². The lowest BCUT2D eigenvalue weighted by Crippen LogP contribution is -2.33. The molecule has 0 radical (unpaired) electrons. The smallest absolute Gasteiger partial charge is 0.392 e. The number of likely N-dealkylation sites (tertiary alicyclic amines) is 1. The molecule has 1 atom stereocenters. The molecular formula is C28H35F6N3O2. The Balaban J connectivity index is 0.000000301. The first-order valence-electron chi connectivity index (χ1n) is 12.5. The number of carbonyl (C=O) groups excluding carboxylic acids is 1. The maximum atomic E-state index is 12.2. The minimum Gasteiger partial charge on any atom is -0.392 e. The van der Waals surface area contributed by atoms with Crippen molar-refractivity contribution in [1.29, 1.82) is 0 Å². The van der Waals surface area contributed by atoms with Crippen LogP contribution >= 0.6 is 0 Å². The molecule has 0 saturated carbocycles. The zero-order valence-electron chi connectivity index (χ0n) is 22.4. The quantitative estimate of drug-likeness (QED) is 0.343. The number of benzene rings is 2. The van der Waals surface area contributed by atoms with E-state index >= 15 is 0 Å². The number of rotatable bonds is 3. The van der Waals surface area contributed by atoms with Gasteiger partial charge in [-0.25, -0.2) is 4.98 Å². The van der Waals surface area contributed by atoms with Crippen LogP contribution < -0.4 is 0 Å². The molecule has 1 unspecified atom stereocenters. The Morgan fingerprint density at radius 3 is 1.82 bits per heavy atom. The molecule has 0 spiro atoms. The van der Waals surface area contributed by atoms with E-state index in [0.29, 0.717) is 12.1 Å². The van der Waals surface area contributed by atoms with E-state index in [1.54, 1.807) is 12.5 Å². The Hall–Kier alpha value is -3.34. The lowest BCUT2D eigenvalue weighted by molar-refractivity contribution is -0.143. The standard InChI is InChI=1S/C10H15N3O.C9H6F6O.C7H8.C2H6/c1-9(13-7-4-11-8-13)10(14)12-5-2-3-6-12;10-8(11,12)6-1-5(4-16)2-7(3-6)9(13,14)15;1-7-5-3-2-4-6-7;1-2/h4,7-9H,2-3,5-6H2,1H3;1-3,16H,4H2;2-6H,1H3;1-2H3. The molecule has 1 amide bonds. The molecule has 1 saturated heterocycles. The number of alkyl halides is 6. The number of amides is 1. The van der Waals surface area contributed by atoms with Gasteiger partial charge in [-0.15, -0.1) is 0 Å². The number of aliphatic hydroxyl groups excluding tert-OH is 1. The summed E-state index contributed by atoms with van der Waals surface area (Å²) in [5.74, 6) is 0.209. The monoisotopic (exact) mass is 559 g/mol. The van der Waals surface area contributed by atoms with Crippen LogP contribution in [0.25, 0.3) is 0 Å². The van der Waals surface area contributed by atoms with Gasteiger partial charge in [-0.05, 0) is 50.5 Å². The highest BCUT2D eigenvalue weighted by Gasteiger charge is 2.36. The van der Waals surface area contributed by atoms with E-state index in [-0.39, 0.29) is 18.0 Å². The molecule has 2 heterocycles. The Bertz CT molecular complexity index is 1060. The fourth-order valence-corrected chi connectivity index (χ4v) is 3.47. The molecule has 1 aromatic heterocycles. The van der Waals surface area contributed by atoms with Gasteiger partial charge in [-0.2, -0.15) is 26.3 Å². The van der Waals surface area contributed by atoms with Crippen molar-refractivity contribution in [2.45, 2.75) is 65.5 Å². The lowest BCUT2D eigenvalue weighted by Gasteiger charge is -2.20. The summed E-state index contributed by atoms with van der Waals surface area (Å²) in [7, 11) is 0. The third kappa shape index (κ3) is 11.5. The van der Waals surface area contributed by atoms with E-state index in [9.17, 15) is 31.1 Å². The number of imidazole rings is 1. The van der Waals surface area contributed by atoms with Crippen molar-refractivity contribution in [3.05, 3.63) is 89.5 Å². The van der Waals surface area contributed by atoms with Crippen molar-refractivity contribution < 1.29 is 36.2 Å². The van der Waals surface area contributed by atoms with Crippen molar-refractivity contribution in [2.75, 3.05) is 13.1 Å². The van der Waals surface area contributed by atoms with Crippen LogP contribution in [-0.4, -0.2) is 38.6 Å². The molecule has 3 aromatic rings. The van der Waals surface area contributed by atoms with Gasteiger partial charge in [-0.3, -0.25) is 4.79 Å². The van der Waals surface area contributed by atoms with E-state index in [4.69, 9.17) is 5.11 Å². The summed E-state index contributed by atoms with van der Waals surface area (Å²) in [6.45, 7) is 8.95. The van der Waals surface area contributed by atoms with E-state index in [1.165, 1.54) is 5.56 Å². The minimum atomic E-state index is -4.87. The number of aliphatic hydroxyl groups is 1. The average Bonchev–Trinajstić information content (AvgIpc) is 3.64. The second-order valence-electron chi connectivity index (χ2n) is 8.45. The molecule has 0 aliphatic carbocycles. The number of halogens is 6. The van der Waals surface area contributed by atoms with Crippen LogP contribution in [0.2, 0.25) is 0 Å². The van der Waals surface area contributed by atoms with Gasteiger partial charge in [0.1, 0.15) is 6.04 Å². The maximum absolute atomic E-state index is 12.2. The predicted octanol–water partition coefficient (Wildman–Crippen LogP) is 7.30. The van der Waals surface area contributed by atoms with Gasteiger partial charge < -0.3 is 14.6 Å². The predicted molar refractivity (Wildman–Crippen MR) is 138 cm³/mol. The SMILES string of the molecule is CC.CC(C(=O)N1CCCC1)n1ccnc1.Cc1ccccc1.OCc1cc(C(F)(F)F)cc(C(F)(F)F)c1. The maximum Gasteiger partial charge on any atom is 0.416 e. The summed E-state index contributed by atoms with van der Waals surface area (Å²) in [5, 5.41) is 8.58. The first-order chi connectivity index (χ1) is 18.3. The molecule has 5 nitrogen and oxygen atoms in total. The first-order valence-corrected chi connectivity index (χ1v) is 12.5. The topological polar surface area (TPSA) is 58.4 Å². The van der Waals surface area contributed by atoms with E-state index in [2.05, 4.69) is 24.0 Å². The normalized spacial score (nSPS) is 13.7. The largest absolute Gasteiger partial charge is 0.416 e. The van der Waals surface area contributed by atoms with Gasteiger partial charge in [0.05, 0.1) is 24.1 Å². The van der Waals surface area contributed by atoms with Crippen LogP contribution in [0.4, 0.5) is 26.3 Å².